The lowest BCUT2D eigenvalue weighted by atomic mass is 9.65. The van der Waals surface area contributed by atoms with Gasteiger partial charge in [-0.2, -0.15) is 0 Å². The molecule has 1 saturated carbocycles. The van der Waals surface area contributed by atoms with Crippen LogP contribution in [-0.2, 0) is 6.42 Å². The molecule has 118 valence electrons. The Labute approximate surface area is 133 Å². The van der Waals surface area contributed by atoms with E-state index in [0.29, 0.717) is 17.3 Å². The van der Waals surface area contributed by atoms with E-state index in [2.05, 4.69) is 26.1 Å². The summed E-state index contributed by atoms with van der Waals surface area (Å²) in [7, 11) is 0. The third-order valence-electron chi connectivity index (χ3n) is 4.84. The standard InChI is InChI=1S/C18H27ClFN/c1-4-21-12-14-8-9-18(2,3)11-15(14)10-13-6-5-7-16(19)17(13)20/h5-7,14-15,21H,4,8-12H2,1-3H3. The predicted molar refractivity (Wildman–Crippen MR) is 88.3 cm³/mol. The summed E-state index contributed by atoms with van der Waals surface area (Å²) in [5, 5.41) is 3.71. The summed E-state index contributed by atoms with van der Waals surface area (Å²) in [5.74, 6) is 0.932. The van der Waals surface area contributed by atoms with Crippen LogP contribution in [0.15, 0.2) is 18.2 Å². The van der Waals surface area contributed by atoms with Gasteiger partial charge in [0, 0.05) is 0 Å². The van der Waals surface area contributed by atoms with E-state index in [1.54, 1.807) is 6.07 Å². The molecule has 0 bridgehead atoms. The Morgan fingerprint density at radius 1 is 1.33 bits per heavy atom. The molecule has 1 nitrogen and oxygen atoms in total. The van der Waals surface area contributed by atoms with Gasteiger partial charge in [-0.3, -0.25) is 0 Å². The van der Waals surface area contributed by atoms with Crippen molar-refractivity contribution in [3.05, 3.63) is 34.6 Å². The normalized spacial score (nSPS) is 25.0. The molecule has 0 heterocycles. The maximum Gasteiger partial charge on any atom is 0.144 e. The van der Waals surface area contributed by atoms with E-state index in [9.17, 15) is 4.39 Å². The molecule has 0 aliphatic heterocycles. The molecule has 0 saturated heterocycles. The molecule has 3 heteroatoms. The van der Waals surface area contributed by atoms with E-state index in [1.165, 1.54) is 12.8 Å². The van der Waals surface area contributed by atoms with Gasteiger partial charge in [-0.25, -0.2) is 4.39 Å². The second-order valence-corrected chi connectivity index (χ2v) is 7.56. The third-order valence-corrected chi connectivity index (χ3v) is 5.14. The highest BCUT2D eigenvalue weighted by Gasteiger charge is 2.34. The van der Waals surface area contributed by atoms with Crippen LogP contribution in [0, 0.1) is 23.1 Å². The van der Waals surface area contributed by atoms with Crippen LogP contribution < -0.4 is 5.32 Å². The number of rotatable bonds is 5. The predicted octanol–water partition coefficient (Wildman–Crippen LogP) is 5.07. The quantitative estimate of drug-likeness (QED) is 0.800. The van der Waals surface area contributed by atoms with Gasteiger partial charge in [0.05, 0.1) is 5.02 Å². The average Bonchev–Trinajstić information content (AvgIpc) is 2.42. The van der Waals surface area contributed by atoms with E-state index in [4.69, 9.17) is 11.6 Å². The van der Waals surface area contributed by atoms with Crippen molar-refractivity contribution in [3.8, 4) is 0 Å². The molecule has 1 aromatic rings. The minimum absolute atomic E-state index is 0.232. The van der Waals surface area contributed by atoms with Gasteiger partial charge in [-0.1, -0.05) is 44.5 Å². The van der Waals surface area contributed by atoms with Crippen molar-refractivity contribution in [1.29, 1.82) is 0 Å². The van der Waals surface area contributed by atoms with Crippen LogP contribution in [0.1, 0.15) is 45.6 Å². The molecule has 1 aliphatic carbocycles. The van der Waals surface area contributed by atoms with Crippen LogP contribution in [0.2, 0.25) is 5.02 Å². The Kier molecular flexibility index (Phi) is 5.67. The van der Waals surface area contributed by atoms with Gasteiger partial charge in [-0.15, -0.1) is 0 Å². The fourth-order valence-electron chi connectivity index (χ4n) is 3.62. The molecule has 21 heavy (non-hydrogen) atoms. The molecule has 2 rings (SSSR count). The van der Waals surface area contributed by atoms with E-state index >= 15 is 0 Å². The first-order chi connectivity index (χ1) is 9.93. The molecular weight excluding hydrogens is 285 g/mol. The monoisotopic (exact) mass is 311 g/mol. The zero-order valence-corrected chi connectivity index (χ0v) is 14.1. The number of hydrogen-bond donors (Lipinski definition) is 1. The van der Waals surface area contributed by atoms with Crippen LogP contribution in [0.5, 0.6) is 0 Å². The lowest BCUT2D eigenvalue weighted by Crippen LogP contribution is -2.37. The summed E-state index contributed by atoms with van der Waals surface area (Å²) in [6.07, 6.45) is 4.45. The Hall–Kier alpha value is -0.600. The first-order valence-electron chi connectivity index (χ1n) is 8.06. The second kappa shape index (κ2) is 7.11. The molecule has 0 aromatic heterocycles. The molecule has 2 unspecified atom stereocenters. The van der Waals surface area contributed by atoms with Crippen molar-refractivity contribution in [1.82, 2.24) is 5.32 Å². The van der Waals surface area contributed by atoms with Crippen LogP contribution in [0.25, 0.3) is 0 Å². The molecule has 1 N–H and O–H groups in total. The molecular formula is C18H27ClFN. The fourth-order valence-corrected chi connectivity index (χ4v) is 3.81. The summed E-state index contributed by atoms with van der Waals surface area (Å²) in [5.41, 5.74) is 1.13. The Balaban J connectivity index is 2.13. The smallest absolute Gasteiger partial charge is 0.144 e. The van der Waals surface area contributed by atoms with Gasteiger partial charge in [0.2, 0.25) is 0 Å². The van der Waals surface area contributed by atoms with E-state index in [-0.39, 0.29) is 10.8 Å². The van der Waals surface area contributed by atoms with Crippen LogP contribution >= 0.6 is 11.6 Å². The van der Waals surface area contributed by atoms with Crippen molar-refractivity contribution in [2.75, 3.05) is 13.1 Å². The van der Waals surface area contributed by atoms with Gasteiger partial charge in [0.1, 0.15) is 5.82 Å². The zero-order chi connectivity index (χ0) is 15.5. The molecule has 1 aliphatic rings. The van der Waals surface area contributed by atoms with Crippen molar-refractivity contribution in [3.63, 3.8) is 0 Å². The molecule has 0 amide bonds. The summed E-state index contributed by atoms with van der Waals surface area (Å²) in [6, 6.07) is 5.36. The minimum atomic E-state index is -0.232. The summed E-state index contributed by atoms with van der Waals surface area (Å²) in [4.78, 5) is 0. The maximum atomic E-state index is 14.2. The van der Waals surface area contributed by atoms with E-state index in [0.717, 1.165) is 31.5 Å². The Morgan fingerprint density at radius 3 is 2.81 bits per heavy atom. The SMILES string of the molecule is CCNCC1CCC(C)(C)CC1Cc1cccc(Cl)c1F. The molecule has 1 aromatic carbocycles. The van der Waals surface area contributed by atoms with Crippen molar-refractivity contribution < 1.29 is 4.39 Å². The zero-order valence-electron chi connectivity index (χ0n) is 13.4. The van der Waals surface area contributed by atoms with Crippen LogP contribution in [0.4, 0.5) is 4.39 Å². The largest absolute Gasteiger partial charge is 0.317 e. The van der Waals surface area contributed by atoms with Gasteiger partial charge in [0.15, 0.2) is 0 Å². The summed E-state index contributed by atoms with van der Waals surface area (Å²) in [6.45, 7) is 8.84. The molecule has 1 fully saturated rings. The van der Waals surface area contributed by atoms with Gasteiger partial charge < -0.3 is 5.32 Å². The number of halogens is 2. The Morgan fingerprint density at radius 2 is 2.10 bits per heavy atom. The van der Waals surface area contributed by atoms with Gasteiger partial charge in [-0.05, 0) is 67.7 Å². The lowest BCUT2D eigenvalue weighted by molar-refractivity contribution is 0.115. The molecule has 2 atom stereocenters. The maximum absolute atomic E-state index is 14.2. The average molecular weight is 312 g/mol. The number of nitrogens with one attached hydrogen (secondary N) is 1. The molecule has 0 spiro atoms. The van der Waals surface area contributed by atoms with Crippen molar-refractivity contribution in [2.24, 2.45) is 17.3 Å². The van der Waals surface area contributed by atoms with Gasteiger partial charge in [0.25, 0.3) is 0 Å². The summed E-state index contributed by atoms with van der Waals surface area (Å²) >= 11 is 5.92. The van der Waals surface area contributed by atoms with E-state index < -0.39 is 0 Å². The highest BCUT2D eigenvalue weighted by molar-refractivity contribution is 6.30. The topological polar surface area (TPSA) is 12.0 Å². The first-order valence-corrected chi connectivity index (χ1v) is 8.44. The lowest BCUT2D eigenvalue weighted by Gasteiger charge is -2.41. The number of benzene rings is 1. The van der Waals surface area contributed by atoms with Gasteiger partial charge >= 0.3 is 0 Å². The Bertz CT molecular complexity index is 472. The van der Waals surface area contributed by atoms with Crippen LogP contribution in [-0.4, -0.2) is 13.1 Å². The van der Waals surface area contributed by atoms with Crippen molar-refractivity contribution in [2.45, 2.75) is 46.5 Å². The van der Waals surface area contributed by atoms with Crippen molar-refractivity contribution >= 4 is 11.6 Å². The highest BCUT2D eigenvalue weighted by atomic mass is 35.5. The fraction of sp³-hybridized carbons (Fsp3) is 0.667. The second-order valence-electron chi connectivity index (χ2n) is 7.15. The summed E-state index contributed by atoms with van der Waals surface area (Å²) < 4.78 is 14.2. The first kappa shape index (κ1) is 16.8. The minimum Gasteiger partial charge on any atom is -0.317 e. The highest BCUT2D eigenvalue weighted by Crippen LogP contribution is 2.43. The number of hydrogen-bond acceptors (Lipinski definition) is 1. The molecule has 0 radical (unpaired) electrons. The third kappa shape index (κ3) is 4.43. The van der Waals surface area contributed by atoms with E-state index in [1.807, 2.05) is 12.1 Å². The van der Waals surface area contributed by atoms with Crippen LogP contribution in [0.3, 0.4) is 0 Å².